The maximum atomic E-state index is 6.14. The van der Waals surface area contributed by atoms with Crippen LogP contribution in [0.4, 0.5) is 5.82 Å². The van der Waals surface area contributed by atoms with Gasteiger partial charge in [0, 0.05) is 19.4 Å². The molecule has 0 amide bonds. The first kappa shape index (κ1) is 20.1. The summed E-state index contributed by atoms with van der Waals surface area (Å²) in [5, 5.41) is 11.2. The quantitative estimate of drug-likeness (QED) is 0.395. The average Bonchev–Trinajstić information content (AvgIpc) is 3.47. The van der Waals surface area contributed by atoms with Crippen LogP contribution in [0.3, 0.4) is 0 Å². The number of imidazole rings is 1. The lowest BCUT2D eigenvalue weighted by Crippen LogP contribution is -2.11. The number of fused-ring (bicyclic) bond motifs is 2. The third-order valence-electron chi connectivity index (χ3n) is 6.39. The predicted octanol–water partition coefficient (Wildman–Crippen LogP) is 4.86. The van der Waals surface area contributed by atoms with Gasteiger partial charge < -0.3 is 10.3 Å². The maximum absolute atomic E-state index is 6.14. The highest BCUT2D eigenvalue weighted by Gasteiger charge is 2.23. The minimum atomic E-state index is -0.0109. The second-order valence-electron chi connectivity index (χ2n) is 8.46. The van der Waals surface area contributed by atoms with Crippen molar-refractivity contribution in [1.82, 2.24) is 29.9 Å². The van der Waals surface area contributed by atoms with E-state index in [4.69, 9.17) is 10.7 Å². The molecule has 0 aliphatic heterocycles. The number of nitrogen functional groups attached to an aromatic ring is 1. The summed E-state index contributed by atoms with van der Waals surface area (Å²) in [5.41, 5.74) is 14.0. The SMILES string of the molecule is Cn1c(CC(c2ccccc2)c2cc(N)nc3n[nH]nc23)nc2ccc(-c3ccccc3)cc21. The molecule has 0 aliphatic rings. The van der Waals surface area contributed by atoms with Crippen molar-refractivity contribution in [3.05, 3.63) is 102 Å². The summed E-state index contributed by atoms with van der Waals surface area (Å²) in [6.07, 6.45) is 0.682. The Morgan fingerprint density at radius 3 is 2.41 bits per heavy atom. The van der Waals surface area contributed by atoms with E-state index in [0.717, 1.165) is 33.5 Å². The Kier molecular flexibility index (Phi) is 4.80. The third kappa shape index (κ3) is 3.47. The summed E-state index contributed by atoms with van der Waals surface area (Å²) in [5.74, 6) is 1.40. The number of benzene rings is 3. The van der Waals surface area contributed by atoms with Gasteiger partial charge >= 0.3 is 0 Å². The van der Waals surface area contributed by atoms with E-state index in [1.807, 2.05) is 30.3 Å². The molecule has 0 aliphatic carbocycles. The molecule has 3 aromatic heterocycles. The summed E-state index contributed by atoms with van der Waals surface area (Å²) in [6.45, 7) is 0. The standard InChI is InChI=1S/C27H23N7/c1-34-23-14-19(17-8-4-2-5-9-17)12-13-22(23)29-25(34)16-20(18-10-6-3-7-11-18)21-15-24(28)30-27-26(21)31-33-32-27/h2-15,20H,16H2,1H3,(H3,28,30,31,32,33). The van der Waals surface area contributed by atoms with Gasteiger partial charge in [-0.2, -0.15) is 10.3 Å². The molecule has 7 nitrogen and oxygen atoms in total. The van der Waals surface area contributed by atoms with Crippen molar-refractivity contribution in [2.45, 2.75) is 12.3 Å². The molecule has 3 N–H and O–H groups in total. The fourth-order valence-electron chi connectivity index (χ4n) is 4.65. The molecule has 0 radical (unpaired) electrons. The largest absolute Gasteiger partial charge is 0.384 e. The molecule has 0 saturated carbocycles. The molecular formula is C27H23N7. The van der Waals surface area contributed by atoms with Crippen LogP contribution in [0.25, 0.3) is 33.3 Å². The normalized spacial score (nSPS) is 12.4. The van der Waals surface area contributed by atoms with E-state index < -0.39 is 0 Å². The molecule has 0 fully saturated rings. The first-order valence-corrected chi connectivity index (χ1v) is 11.2. The molecule has 1 unspecified atom stereocenters. The zero-order chi connectivity index (χ0) is 23.1. The number of H-pyrrole nitrogens is 1. The number of hydrogen-bond donors (Lipinski definition) is 2. The van der Waals surface area contributed by atoms with Crippen LogP contribution in [-0.2, 0) is 13.5 Å². The van der Waals surface area contributed by atoms with Gasteiger partial charge in [-0.25, -0.2) is 9.97 Å². The number of aromatic nitrogens is 6. The highest BCUT2D eigenvalue weighted by atomic mass is 15.3. The van der Waals surface area contributed by atoms with Crippen LogP contribution in [0.15, 0.2) is 84.9 Å². The highest BCUT2D eigenvalue weighted by molar-refractivity contribution is 5.83. The number of aromatic amines is 1. The molecule has 3 aromatic carbocycles. The number of nitrogens with zero attached hydrogens (tertiary/aromatic N) is 5. The van der Waals surface area contributed by atoms with Gasteiger partial charge in [0.05, 0.1) is 11.0 Å². The molecule has 1 atom stereocenters. The Hall–Kier alpha value is -4.52. The van der Waals surface area contributed by atoms with Crippen molar-refractivity contribution in [2.24, 2.45) is 7.05 Å². The van der Waals surface area contributed by atoms with Crippen LogP contribution in [-0.4, -0.2) is 29.9 Å². The Labute approximate surface area is 196 Å². The van der Waals surface area contributed by atoms with Crippen molar-refractivity contribution in [3.63, 3.8) is 0 Å². The maximum Gasteiger partial charge on any atom is 0.203 e. The summed E-state index contributed by atoms with van der Waals surface area (Å²) in [7, 11) is 2.08. The second-order valence-corrected chi connectivity index (χ2v) is 8.46. The van der Waals surface area contributed by atoms with Crippen LogP contribution in [0.1, 0.15) is 22.9 Å². The minimum Gasteiger partial charge on any atom is -0.384 e. The van der Waals surface area contributed by atoms with Crippen LogP contribution in [0.5, 0.6) is 0 Å². The van der Waals surface area contributed by atoms with Gasteiger partial charge in [0.15, 0.2) is 0 Å². The molecule has 7 heteroatoms. The van der Waals surface area contributed by atoms with Crippen molar-refractivity contribution in [3.8, 4) is 11.1 Å². The molecule has 34 heavy (non-hydrogen) atoms. The second kappa shape index (κ2) is 8.12. The Morgan fingerprint density at radius 2 is 1.62 bits per heavy atom. The number of nitrogens with one attached hydrogen (secondary N) is 1. The average molecular weight is 446 g/mol. The number of pyridine rings is 1. The van der Waals surface area contributed by atoms with Gasteiger partial charge in [-0.3, -0.25) is 0 Å². The molecule has 166 valence electrons. The van der Waals surface area contributed by atoms with Crippen LogP contribution in [0, 0.1) is 0 Å². The van der Waals surface area contributed by atoms with Crippen LogP contribution in [0.2, 0.25) is 0 Å². The summed E-state index contributed by atoms with van der Waals surface area (Å²) in [6, 6.07) is 29.1. The molecule has 0 spiro atoms. The molecular weight excluding hydrogens is 422 g/mol. The van der Waals surface area contributed by atoms with E-state index in [1.54, 1.807) is 0 Å². The monoisotopic (exact) mass is 445 g/mol. The zero-order valence-corrected chi connectivity index (χ0v) is 18.7. The number of nitrogens with two attached hydrogens (primary N) is 1. The van der Waals surface area contributed by atoms with Crippen molar-refractivity contribution < 1.29 is 0 Å². The lowest BCUT2D eigenvalue weighted by atomic mass is 9.88. The molecule has 6 aromatic rings. The number of anilines is 1. The Morgan fingerprint density at radius 1 is 0.853 bits per heavy atom. The van der Waals surface area contributed by atoms with Crippen molar-refractivity contribution >= 4 is 28.0 Å². The predicted molar refractivity (Wildman–Crippen MR) is 134 cm³/mol. The first-order valence-electron chi connectivity index (χ1n) is 11.2. The van der Waals surface area contributed by atoms with E-state index in [-0.39, 0.29) is 5.92 Å². The minimum absolute atomic E-state index is 0.0109. The molecule has 0 bridgehead atoms. The summed E-state index contributed by atoms with van der Waals surface area (Å²) >= 11 is 0. The first-order chi connectivity index (χ1) is 16.7. The smallest absolute Gasteiger partial charge is 0.203 e. The van der Waals surface area contributed by atoms with Crippen LogP contribution < -0.4 is 5.73 Å². The fraction of sp³-hybridized carbons (Fsp3) is 0.111. The summed E-state index contributed by atoms with van der Waals surface area (Å²) in [4.78, 5) is 9.32. The molecule has 6 rings (SSSR count). The number of hydrogen-bond acceptors (Lipinski definition) is 5. The lowest BCUT2D eigenvalue weighted by Gasteiger charge is -2.18. The molecule has 0 saturated heterocycles. The van der Waals surface area contributed by atoms with Crippen LogP contribution >= 0.6 is 0 Å². The number of rotatable bonds is 5. The van der Waals surface area contributed by atoms with E-state index >= 15 is 0 Å². The zero-order valence-electron chi connectivity index (χ0n) is 18.7. The van der Waals surface area contributed by atoms with E-state index in [2.05, 4.69) is 86.6 Å². The van der Waals surface area contributed by atoms with E-state index in [9.17, 15) is 0 Å². The molecule has 3 heterocycles. The summed E-state index contributed by atoms with van der Waals surface area (Å²) < 4.78 is 2.18. The van der Waals surface area contributed by atoms with Gasteiger partial charge in [-0.15, -0.1) is 5.10 Å². The fourth-order valence-corrected chi connectivity index (χ4v) is 4.65. The van der Waals surface area contributed by atoms with Crippen molar-refractivity contribution in [2.75, 3.05) is 5.73 Å². The number of aryl methyl sites for hydroxylation is 1. The van der Waals surface area contributed by atoms with Gasteiger partial charge in [0.25, 0.3) is 0 Å². The van der Waals surface area contributed by atoms with Gasteiger partial charge in [0.1, 0.15) is 17.2 Å². The third-order valence-corrected chi connectivity index (χ3v) is 6.39. The van der Waals surface area contributed by atoms with Gasteiger partial charge in [0.2, 0.25) is 5.65 Å². The van der Waals surface area contributed by atoms with E-state index in [0.29, 0.717) is 17.9 Å². The highest BCUT2D eigenvalue weighted by Crippen LogP contribution is 2.34. The topological polar surface area (TPSA) is 98.3 Å². The lowest BCUT2D eigenvalue weighted by molar-refractivity contribution is 0.720. The van der Waals surface area contributed by atoms with Gasteiger partial charge in [-0.05, 0) is 40.5 Å². The Balaban J connectivity index is 1.47. The van der Waals surface area contributed by atoms with E-state index in [1.165, 1.54) is 11.1 Å². The Bertz CT molecular complexity index is 1600. The van der Waals surface area contributed by atoms with Crippen molar-refractivity contribution in [1.29, 1.82) is 0 Å². The van der Waals surface area contributed by atoms with Gasteiger partial charge in [-0.1, -0.05) is 66.7 Å².